The number of hydrogen-bond donors (Lipinski definition) is 2. The van der Waals surface area contributed by atoms with Crippen LogP contribution in [-0.2, 0) is 0 Å². The molecule has 1 unspecified atom stereocenters. The smallest absolute Gasteiger partial charge is 0.0404 e. The lowest BCUT2D eigenvalue weighted by Crippen LogP contribution is -2.41. The third kappa shape index (κ3) is 0.767. The van der Waals surface area contributed by atoms with E-state index in [4.69, 9.17) is 11.5 Å². The van der Waals surface area contributed by atoms with Crippen LogP contribution in [0.5, 0.6) is 0 Å². The van der Waals surface area contributed by atoms with Gasteiger partial charge in [0.1, 0.15) is 0 Å². The maximum absolute atomic E-state index is 5.70. The minimum atomic E-state index is -0.0816. The highest BCUT2D eigenvalue weighted by Crippen LogP contribution is 2.34. The van der Waals surface area contributed by atoms with E-state index in [9.17, 15) is 0 Å². The van der Waals surface area contributed by atoms with Crippen LogP contribution >= 0.6 is 0 Å². The van der Waals surface area contributed by atoms with Crippen molar-refractivity contribution in [2.75, 3.05) is 0 Å². The second-order valence-electron chi connectivity index (χ2n) is 2.49. The van der Waals surface area contributed by atoms with Crippen molar-refractivity contribution in [3.05, 3.63) is 12.7 Å². The van der Waals surface area contributed by atoms with E-state index in [-0.39, 0.29) is 11.6 Å². The molecule has 46 valence electrons. The van der Waals surface area contributed by atoms with E-state index in [1.807, 2.05) is 0 Å². The maximum Gasteiger partial charge on any atom is 0.0404 e. The number of rotatable bonds is 2. The van der Waals surface area contributed by atoms with Crippen molar-refractivity contribution in [2.45, 2.75) is 24.4 Å². The van der Waals surface area contributed by atoms with Crippen molar-refractivity contribution in [2.24, 2.45) is 11.5 Å². The number of nitrogens with two attached hydrogens (primary N) is 2. The molecule has 8 heavy (non-hydrogen) atoms. The first kappa shape index (κ1) is 5.79. The summed E-state index contributed by atoms with van der Waals surface area (Å²) in [5.41, 5.74) is 11.2. The van der Waals surface area contributed by atoms with E-state index in [1.54, 1.807) is 6.08 Å². The second kappa shape index (κ2) is 1.57. The lowest BCUT2D eigenvalue weighted by molar-refractivity contribution is 0.594. The summed E-state index contributed by atoms with van der Waals surface area (Å²) in [6.45, 7) is 3.56. The van der Waals surface area contributed by atoms with Crippen LogP contribution in [0.3, 0.4) is 0 Å². The Morgan fingerprint density at radius 3 is 2.25 bits per heavy atom. The minimum absolute atomic E-state index is 0.00231. The largest absolute Gasteiger partial charge is 0.324 e. The standard InChI is InChI=1S/C6H12N2/c1-2-5(7)6(8)3-4-6/h2,5H,1,3-4,7-8H2. The van der Waals surface area contributed by atoms with Gasteiger partial charge < -0.3 is 11.5 Å². The first-order valence-electron chi connectivity index (χ1n) is 2.86. The summed E-state index contributed by atoms with van der Waals surface area (Å²) in [6, 6.07) is 0.00231. The predicted octanol–water partition coefficient (Wildman–Crippen LogP) is -0.00900. The average Bonchev–Trinajstić information content (AvgIpc) is 2.47. The summed E-state index contributed by atoms with van der Waals surface area (Å²) >= 11 is 0. The van der Waals surface area contributed by atoms with Crippen LogP contribution in [0.2, 0.25) is 0 Å². The van der Waals surface area contributed by atoms with Gasteiger partial charge in [-0.05, 0) is 12.8 Å². The fourth-order valence-corrected chi connectivity index (χ4v) is 0.712. The van der Waals surface area contributed by atoms with Crippen molar-refractivity contribution in [1.29, 1.82) is 0 Å². The molecule has 1 saturated carbocycles. The summed E-state index contributed by atoms with van der Waals surface area (Å²) < 4.78 is 0. The van der Waals surface area contributed by atoms with E-state index in [0.29, 0.717) is 0 Å². The molecular formula is C6H12N2. The average molecular weight is 112 g/mol. The van der Waals surface area contributed by atoms with Gasteiger partial charge >= 0.3 is 0 Å². The van der Waals surface area contributed by atoms with Crippen LogP contribution in [-0.4, -0.2) is 11.6 Å². The van der Waals surface area contributed by atoms with Gasteiger partial charge in [0.15, 0.2) is 0 Å². The third-order valence-electron chi connectivity index (χ3n) is 1.75. The molecule has 1 atom stereocenters. The summed E-state index contributed by atoms with van der Waals surface area (Å²) in [4.78, 5) is 0. The first-order valence-corrected chi connectivity index (χ1v) is 2.86. The van der Waals surface area contributed by atoms with Gasteiger partial charge in [0.05, 0.1) is 0 Å². The lowest BCUT2D eigenvalue weighted by Gasteiger charge is -2.12. The highest BCUT2D eigenvalue weighted by Gasteiger charge is 2.42. The van der Waals surface area contributed by atoms with Gasteiger partial charge in [0, 0.05) is 11.6 Å². The zero-order valence-electron chi connectivity index (χ0n) is 4.93. The molecule has 0 radical (unpaired) electrons. The van der Waals surface area contributed by atoms with Gasteiger partial charge in [-0.15, -0.1) is 6.58 Å². The Morgan fingerprint density at radius 2 is 2.12 bits per heavy atom. The molecule has 4 N–H and O–H groups in total. The van der Waals surface area contributed by atoms with E-state index in [2.05, 4.69) is 6.58 Å². The molecule has 0 saturated heterocycles. The van der Waals surface area contributed by atoms with Crippen LogP contribution in [0.4, 0.5) is 0 Å². The van der Waals surface area contributed by atoms with Crippen molar-refractivity contribution in [3.63, 3.8) is 0 Å². The monoisotopic (exact) mass is 112 g/mol. The minimum Gasteiger partial charge on any atom is -0.324 e. The van der Waals surface area contributed by atoms with Crippen LogP contribution in [0.1, 0.15) is 12.8 Å². The van der Waals surface area contributed by atoms with Crippen molar-refractivity contribution >= 4 is 0 Å². The number of hydrogen-bond acceptors (Lipinski definition) is 2. The Labute approximate surface area is 49.5 Å². The molecule has 0 amide bonds. The molecule has 0 aliphatic heterocycles. The van der Waals surface area contributed by atoms with Gasteiger partial charge in [-0.1, -0.05) is 6.08 Å². The zero-order valence-corrected chi connectivity index (χ0v) is 4.93. The highest BCUT2D eigenvalue weighted by atomic mass is 14.9. The zero-order chi connectivity index (χ0) is 6.20. The molecule has 0 spiro atoms. The Kier molecular flexibility index (Phi) is 1.14. The van der Waals surface area contributed by atoms with Gasteiger partial charge in [-0.3, -0.25) is 0 Å². The fraction of sp³-hybridized carbons (Fsp3) is 0.667. The molecule has 0 aromatic heterocycles. The predicted molar refractivity (Wildman–Crippen MR) is 34.3 cm³/mol. The summed E-state index contributed by atoms with van der Waals surface area (Å²) in [5, 5.41) is 0. The maximum atomic E-state index is 5.70. The summed E-state index contributed by atoms with van der Waals surface area (Å²) in [7, 11) is 0. The molecule has 1 fully saturated rings. The second-order valence-corrected chi connectivity index (χ2v) is 2.49. The molecular weight excluding hydrogens is 100 g/mol. The summed E-state index contributed by atoms with van der Waals surface area (Å²) in [6.07, 6.45) is 3.83. The van der Waals surface area contributed by atoms with E-state index in [0.717, 1.165) is 12.8 Å². The van der Waals surface area contributed by atoms with Gasteiger partial charge in [-0.25, -0.2) is 0 Å². The van der Waals surface area contributed by atoms with E-state index < -0.39 is 0 Å². The fourth-order valence-electron chi connectivity index (χ4n) is 0.712. The lowest BCUT2D eigenvalue weighted by atomic mass is 10.1. The van der Waals surface area contributed by atoms with Crippen molar-refractivity contribution in [1.82, 2.24) is 0 Å². The van der Waals surface area contributed by atoms with Crippen molar-refractivity contribution in [3.8, 4) is 0 Å². The Bertz CT molecular complexity index is 105. The Hall–Kier alpha value is -0.340. The summed E-state index contributed by atoms with van der Waals surface area (Å²) in [5.74, 6) is 0. The van der Waals surface area contributed by atoms with Crippen molar-refractivity contribution < 1.29 is 0 Å². The highest BCUT2D eigenvalue weighted by molar-refractivity contribution is 5.12. The molecule has 0 heterocycles. The Morgan fingerprint density at radius 1 is 1.62 bits per heavy atom. The third-order valence-corrected chi connectivity index (χ3v) is 1.75. The quantitative estimate of drug-likeness (QED) is 0.494. The van der Waals surface area contributed by atoms with Gasteiger partial charge in [0.25, 0.3) is 0 Å². The van der Waals surface area contributed by atoms with Gasteiger partial charge in [-0.2, -0.15) is 0 Å². The van der Waals surface area contributed by atoms with Crippen LogP contribution in [0, 0.1) is 0 Å². The molecule has 1 aliphatic carbocycles. The topological polar surface area (TPSA) is 52.0 Å². The molecule has 1 rings (SSSR count). The van der Waals surface area contributed by atoms with E-state index >= 15 is 0 Å². The SMILES string of the molecule is C=CC(N)C1(N)CC1. The molecule has 0 aromatic rings. The molecule has 0 bridgehead atoms. The first-order chi connectivity index (χ1) is 3.69. The molecule has 2 heteroatoms. The normalized spacial score (nSPS) is 26.8. The van der Waals surface area contributed by atoms with Crippen LogP contribution in [0.15, 0.2) is 12.7 Å². The van der Waals surface area contributed by atoms with Crippen LogP contribution in [0.25, 0.3) is 0 Å². The molecule has 1 aliphatic rings. The molecule has 2 nitrogen and oxygen atoms in total. The van der Waals surface area contributed by atoms with E-state index in [1.165, 1.54) is 0 Å². The Balaban J connectivity index is 2.45. The molecule has 0 aromatic carbocycles. The van der Waals surface area contributed by atoms with Gasteiger partial charge in [0.2, 0.25) is 0 Å². The van der Waals surface area contributed by atoms with Crippen LogP contribution < -0.4 is 11.5 Å².